The van der Waals surface area contributed by atoms with E-state index in [0.29, 0.717) is 0 Å². The van der Waals surface area contributed by atoms with Gasteiger partial charge in [-0.2, -0.15) is 10.5 Å². The lowest BCUT2D eigenvalue weighted by Gasteiger charge is -2.00. The third-order valence-corrected chi connectivity index (χ3v) is 1.99. The Bertz CT molecular complexity index is 405. The lowest BCUT2D eigenvalue weighted by Crippen LogP contribution is -1.92. The highest BCUT2D eigenvalue weighted by molar-refractivity contribution is 6.36. The van der Waals surface area contributed by atoms with Gasteiger partial charge in [0.05, 0.1) is 10.0 Å². The van der Waals surface area contributed by atoms with Crippen LogP contribution in [0.15, 0.2) is 6.07 Å². The van der Waals surface area contributed by atoms with Crippen LogP contribution in [0.4, 0.5) is 4.39 Å². The zero-order valence-corrected chi connectivity index (χ0v) is 7.62. The van der Waals surface area contributed by atoms with Crippen molar-refractivity contribution in [3.05, 3.63) is 33.1 Å². The SMILES string of the molecule is N#Cc1c(Cl)cc(Cl)c(C#N)c1F. The first kappa shape index (κ1) is 9.80. The maximum Gasteiger partial charge on any atom is 0.161 e. The fourth-order valence-corrected chi connectivity index (χ4v) is 1.32. The molecule has 2 nitrogen and oxygen atoms in total. The lowest BCUT2D eigenvalue weighted by atomic mass is 10.1. The van der Waals surface area contributed by atoms with Crippen LogP contribution in [0, 0.1) is 28.5 Å². The number of hydrogen-bond donors (Lipinski definition) is 0. The van der Waals surface area contributed by atoms with Crippen molar-refractivity contribution in [2.75, 3.05) is 0 Å². The van der Waals surface area contributed by atoms with Crippen molar-refractivity contribution in [2.24, 2.45) is 0 Å². The average molecular weight is 215 g/mol. The van der Waals surface area contributed by atoms with Crippen molar-refractivity contribution < 1.29 is 4.39 Å². The van der Waals surface area contributed by atoms with Crippen LogP contribution < -0.4 is 0 Å². The molecular formula is C8HCl2FN2. The summed E-state index contributed by atoms with van der Waals surface area (Å²) in [6, 6.07) is 4.27. The zero-order chi connectivity index (χ0) is 10.0. The molecule has 0 radical (unpaired) electrons. The molecule has 0 saturated heterocycles. The van der Waals surface area contributed by atoms with Crippen LogP contribution in [0.2, 0.25) is 10.0 Å². The lowest BCUT2D eigenvalue weighted by molar-refractivity contribution is 0.620. The largest absolute Gasteiger partial charge is 0.204 e. The van der Waals surface area contributed by atoms with E-state index >= 15 is 0 Å². The van der Waals surface area contributed by atoms with Crippen LogP contribution in [-0.2, 0) is 0 Å². The molecule has 13 heavy (non-hydrogen) atoms. The molecule has 0 aliphatic heterocycles. The standard InChI is InChI=1S/C8HCl2FN2/c9-6-1-7(10)5(3-13)8(11)4(6)2-12/h1H. The van der Waals surface area contributed by atoms with Gasteiger partial charge in [0.2, 0.25) is 0 Å². The van der Waals surface area contributed by atoms with Gasteiger partial charge in [-0.25, -0.2) is 4.39 Å². The summed E-state index contributed by atoms with van der Waals surface area (Å²) >= 11 is 11.0. The number of rotatable bonds is 0. The molecule has 0 atom stereocenters. The normalized spacial score (nSPS) is 9.00. The third kappa shape index (κ3) is 1.58. The first-order valence-electron chi connectivity index (χ1n) is 3.09. The molecule has 1 rings (SSSR count). The van der Waals surface area contributed by atoms with Crippen LogP contribution >= 0.6 is 23.2 Å². The molecule has 0 aromatic heterocycles. The Morgan fingerprint density at radius 1 is 1.08 bits per heavy atom. The molecule has 0 heterocycles. The van der Waals surface area contributed by atoms with Gasteiger partial charge in [-0.1, -0.05) is 23.2 Å². The first-order chi connectivity index (χ1) is 6.11. The Hall–Kier alpha value is -1.29. The van der Waals surface area contributed by atoms with E-state index in [0.717, 1.165) is 0 Å². The predicted molar refractivity (Wildman–Crippen MR) is 45.9 cm³/mol. The molecule has 0 aliphatic carbocycles. The van der Waals surface area contributed by atoms with E-state index in [9.17, 15) is 4.39 Å². The topological polar surface area (TPSA) is 47.6 Å². The molecule has 0 N–H and O–H groups in total. The maximum atomic E-state index is 13.2. The molecule has 64 valence electrons. The van der Waals surface area contributed by atoms with Gasteiger partial charge < -0.3 is 0 Å². The Labute approximate surface area is 83.7 Å². The summed E-state index contributed by atoms with van der Waals surface area (Å²) in [6.45, 7) is 0. The van der Waals surface area contributed by atoms with Crippen LogP contribution in [-0.4, -0.2) is 0 Å². The van der Waals surface area contributed by atoms with Gasteiger partial charge in [0.15, 0.2) is 5.82 Å². The Kier molecular flexibility index (Phi) is 2.72. The van der Waals surface area contributed by atoms with Gasteiger partial charge in [-0.15, -0.1) is 0 Å². The highest BCUT2D eigenvalue weighted by Crippen LogP contribution is 2.27. The fraction of sp³-hybridized carbons (Fsp3) is 0. The molecule has 0 bridgehead atoms. The molecule has 0 aliphatic rings. The van der Waals surface area contributed by atoms with Gasteiger partial charge in [0.1, 0.15) is 23.3 Å². The molecule has 1 aromatic rings. The van der Waals surface area contributed by atoms with Crippen LogP contribution in [0.5, 0.6) is 0 Å². The number of nitrogens with zero attached hydrogens (tertiary/aromatic N) is 2. The van der Waals surface area contributed by atoms with Gasteiger partial charge in [0, 0.05) is 0 Å². The summed E-state index contributed by atoms with van der Waals surface area (Å²) < 4.78 is 13.2. The molecule has 0 fully saturated rings. The third-order valence-electron chi connectivity index (χ3n) is 1.39. The Morgan fingerprint density at radius 3 is 1.77 bits per heavy atom. The van der Waals surface area contributed by atoms with Gasteiger partial charge in [-0.3, -0.25) is 0 Å². The Balaban J connectivity index is 3.63. The van der Waals surface area contributed by atoms with Gasteiger partial charge in [0.25, 0.3) is 0 Å². The minimum Gasteiger partial charge on any atom is -0.204 e. The number of nitriles is 2. The number of hydrogen-bond acceptors (Lipinski definition) is 2. The van der Waals surface area contributed by atoms with Gasteiger partial charge in [-0.05, 0) is 6.07 Å². The van der Waals surface area contributed by atoms with Gasteiger partial charge >= 0.3 is 0 Å². The van der Waals surface area contributed by atoms with Crippen molar-refractivity contribution in [3.63, 3.8) is 0 Å². The highest BCUT2D eigenvalue weighted by Gasteiger charge is 2.15. The fourth-order valence-electron chi connectivity index (χ4n) is 0.795. The van der Waals surface area contributed by atoms with E-state index in [2.05, 4.69) is 0 Å². The second-order valence-electron chi connectivity index (χ2n) is 2.13. The first-order valence-corrected chi connectivity index (χ1v) is 3.85. The quantitative estimate of drug-likeness (QED) is 0.667. The van der Waals surface area contributed by atoms with E-state index in [1.807, 2.05) is 0 Å². The maximum absolute atomic E-state index is 13.2. The van der Waals surface area contributed by atoms with Crippen molar-refractivity contribution in [1.29, 1.82) is 10.5 Å². The van der Waals surface area contributed by atoms with Crippen molar-refractivity contribution in [2.45, 2.75) is 0 Å². The predicted octanol–water partition coefficient (Wildman–Crippen LogP) is 2.88. The molecule has 5 heteroatoms. The molecule has 0 spiro atoms. The van der Waals surface area contributed by atoms with E-state index < -0.39 is 5.82 Å². The molecule has 0 amide bonds. The summed E-state index contributed by atoms with van der Waals surface area (Å²) in [5.41, 5.74) is -0.717. The second kappa shape index (κ2) is 3.62. The summed E-state index contributed by atoms with van der Waals surface area (Å²) in [5.74, 6) is -0.970. The number of halogens is 3. The summed E-state index contributed by atoms with van der Waals surface area (Å²) in [7, 11) is 0. The van der Waals surface area contributed by atoms with E-state index in [4.69, 9.17) is 33.7 Å². The van der Waals surface area contributed by atoms with Crippen LogP contribution in [0.25, 0.3) is 0 Å². The summed E-state index contributed by atoms with van der Waals surface area (Å²) in [5, 5.41) is 16.8. The smallest absolute Gasteiger partial charge is 0.161 e. The van der Waals surface area contributed by atoms with Crippen molar-refractivity contribution in [3.8, 4) is 12.1 Å². The zero-order valence-electron chi connectivity index (χ0n) is 6.11. The molecule has 0 saturated carbocycles. The minimum atomic E-state index is -0.970. The second-order valence-corrected chi connectivity index (χ2v) is 2.94. The molecule has 0 unspecified atom stereocenters. The summed E-state index contributed by atoms with van der Waals surface area (Å²) in [4.78, 5) is 0. The number of benzene rings is 1. The summed E-state index contributed by atoms with van der Waals surface area (Å²) in [6.07, 6.45) is 0. The van der Waals surface area contributed by atoms with E-state index in [1.54, 1.807) is 12.1 Å². The Morgan fingerprint density at radius 2 is 1.46 bits per heavy atom. The van der Waals surface area contributed by atoms with Crippen LogP contribution in [0.3, 0.4) is 0 Å². The minimum absolute atomic E-state index is 0.0935. The van der Waals surface area contributed by atoms with Crippen molar-refractivity contribution >= 4 is 23.2 Å². The van der Waals surface area contributed by atoms with Crippen molar-refractivity contribution in [1.82, 2.24) is 0 Å². The molecule has 1 aromatic carbocycles. The highest BCUT2D eigenvalue weighted by atomic mass is 35.5. The molecular weight excluding hydrogens is 214 g/mol. The van der Waals surface area contributed by atoms with Crippen LogP contribution in [0.1, 0.15) is 11.1 Å². The monoisotopic (exact) mass is 214 g/mol. The average Bonchev–Trinajstić information content (AvgIpc) is 2.04. The van der Waals surface area contributed by atoms with E-state index in [1.165, 1.54) is 6.07 Å². The van der Waals surface area contributed by atoms with E-state index in [-0.39, 0.29) is 21.2 Å².